The first-order valence-electron chi connectivity index (χ1n) is 6.51. The second kappa shape index (κ2) is 9.44. The topological polar surface area (TPSA) is 37.3 Å². The van der Waals surface area contributed by atoms with Gasteiger partial charge in [-0.1, -0.05) is 52.0 Å². The SMILES string of the molecule is CCCCCC(CC)CCC=C(C)C(=O)O. The van der Waals surface area contributed by atoms with Crippen LogP contribution in [0.15, 0.2) is 11.6 Å². The highest BCUT2D eigenvalue weighted by Gasteiger charge is 2.05. The first kappa shape index (κ1) is 15.2. The third kappa shape index (κ3) is 7.49. The number of carboxylic acids is 1. The van der Waals surface area contributed by atoms with Crippen molar-refractivity contribution in [2.24, 2.45) is 5.92 Å². The number of carboxylic acid groups (broad SMARTS) is 1. The Kier molecular flexibility index (Phi) is 8.97. The fraction of sp³-hybridized carbons (Fsp3) is 0.786. The zero-order valence-corrected chi connectivity index (χ0v) is 11.0. The predicted octanol–water partition coefficient (Wildman–Crippen LogP) is 4.40. The molecule has 0 aromatic carbocycles. The highest BCUT2D eigenvalue weighted by atomic mass is 16.4. The number of unbranched alkanes of at least 4 members (excludes halogenated alkanes) is 2. The number of carbonyl (C=O) groups is 1. The van der Waals surface area contributed by atoms with Gasteiger partial charge in [0.1, 0.15) is 0 Å². The number of allylic oxidation sites excluding steroid dienone is 1. The van der Waals surface area contributed by atoms with Crippen molar-refractivity contribution in [1.29, 1.82) is 0 Å². The van der Waals surface area contributed by atoms with Crippen molar-refractivity contribution < 1.29 is 9.90 Å². The van der Waals surface area contributed by atoms with E-state index in [-0.39, 0.29) is 0 Å². The molecule has 0 aromatic heterocycles. The summed E-state index contributed by atoms with van der Waals surface area (Å²) >= 11 is 0. The van der Waals surface area contributed by atoms with E-state index in [2.05, 4.69) is 13.8 Å². The number of hydrogen-bond donors (Lipinski definition) is 1. The minimum atomic E-state index is -0.793. The maximum absolute atomic E-state index is 10.6. The molecule has 0 rings (SSSR count). The standard InChI is InChI=1S/C14H26O2/c1-4-6-7-10-13(5-2)11-8-9-12(3)14(15)16/h9,13H,4-8,10-11H2,1-3H3,(H,15,16). The minimum absolute atomic E-state index is 0.475. The van der Waals surface area contributed by atoms with Crippen LogP contribution in [-0.2, 0) is 4.79 Å². The van der Waals surface area contributed by atoms with Gasteiger partial charge in [-0.3, -0.25) is 0 Å². The van der Waals surface area contributed by atoms with Gasteiger partial charge in [-0.25, -0.2) is 4.79 Å². The molecule has 0 aromatic rings. The minimum Gasteiger partial charge on any atom is -0.478 e. The third-order valence-corrected chi connectivity index (χ3v) is 3.16. The summed E-state index contributed by atoms with van der Waals surface area (Å²) in [5, 5.41) is 8.71. The summed E-state index contributed by atoms with van der Waals surface area (Å²) in [6.45, 7) is 6.12. The molecule has 0 aliphatic rings. The fourth-order valence-electron chi connectivity index (χ4n) is 1.86. The summed E-state index contributed by atoms with van der Waals surface area (Å²) in [7, 11) is 0. The molecule has 1 N–H and O–H groups in total. The van der Waals surface area contributed by atoms with Gasteiger partial charge in [-0.2, -0.15) is 0 Å². The molecule has 94 valence electrons. The van der Waals surface area contributed by atoms with E-state index in [0.717, 1.165) is 18.8 Å². The van der Waals surface area contributed by atoms with Gasteiger partial charge in [0.2, 0.25) is 0 Å². The van der Waals surface area contributed by atoms with Gasteiger partial charge in [-0.15, -0.1) is 0 Å². The second-order valence-electron chi connectivity index (χ2n) is 4.54. The van der Waals surface area contributed by atoms with Crippen LogP contribution < -0.4 is 0 Å². The van der Waals surface area contributed by atoms with Crippen molar-refractivity contribution in [2.75, 3.05) is 0 Å². The lowest BCUT2D eigenvalue weighted by Gasteiger charge is -2.13. The van der Waals surface area contributed by atoms with Gasteiger partial charge >= 0.3 is 5.97 Å². The van der Waals surface area contributed by atoms with Crippen LogP contribution in [0.4, 0.5) is 0 Å². The molecular weight excluding hydrogens is 200 g/mol. The van der Waals surface area contributed by atoms with E-state index < -0.39 is 5.97 Å². The van der Waals surface area contributed by atoms with Gasteiger partial charge < -0.3 is 5.11 Å². The van der Waals surface area contributed by atoms with E-state index in [9.17, 15) is 4.79 Å². The van der Waals surface area contributed by atoms with Crippen LogP contribution >= 0.6 is 0 Å². The quantitative estimate of drug-likeness (QED) is 0.467. The Morgan fingerprint density at radius 3 is 2.44 bits per heavy atom. The van der Waals surface area contributed by atoms with Crippen molar-refractivity contribution in [1.82, 2.24) is 0 Å². The molecular formula is C14H26O2. The Balaban J connectivity index is 3.78. The van der Waals surface area contributed by atoms with E-state index in [1.165, 1.54) is 32.1 Å². The first-order valence-corrected chi connectivity index (χ1v) is 6.51. The first-order chi connectivity index (χ1) is 7.61. The zero-order valence-electron chi connectivity index (χ0n) is 11.0. The summed E-state index contributed by atoms with van der Waals surface area (Å²) in [5.74, 6) is -0.0246. The maximum Gasteiger partial charge on any atom is 0.330 e. The van der Waals surface area contributed by atoms with Gasteiger partial charge in [0.15, 0.2) is 0 Å². The summed E-state index contributed by atoms with van der Waals surface area (Å²) in [4.78, 5) is 10.6. The Labute approximate surface area is 99.7 Å². The molecule has 0 aliphatic heterocycles. The molecule has 0 saturated heterocycles. The zero-order chi connectivity index (χ0) is 12.4. The van der Waals surface area contributed by atoms with Crippen molar-refractivity contribution in [3.63, 3.8) is 0 Å². The molecule has 2 nitrogen and oxygen atoms in total. The van der Waals surface area contributed by atoms with Crippen LogP contribution in [0.2, 0.25) is 0 Å². The lowest BCUT2D eigenvalue weighted by atomic mass is 9.93. The molecule has 2 heteroatoms. The Morgan fingerprint density at radius 2 is 1.94 bits per heavy atom. The monoisotopic (exact) mass is 226 g/mol. The normalized spacial score (nSPS) is 13.8. The molecule has 0 amide bonds. The van der Waals surface area contributed by atoms with Crippen LogP contribution in [0, 0.1) is 5.92 Å². The molecule has 1 atom stereocenters. The number of hydrogen-bond acceptors (Lipinski definition) is 1. The fourth-order valence-corrected chi connectivity index (χ4v) is 1.86. The van der Waals surface area contributed by atoms with Crippen molar-refractivity contribution in [3.8, 4) is 0 Å². The molecule has 0 aliphatic carbocycles. The summed E-state index contributed by atoms with van der Waals surface area (Å²) < 4.78 is 0. The molecule has 0 heterocycles. The smallest absolute Gasteiger partial charge is 0.330 e. The third-order valence-electron chi connectivity index (χ3n) is 3.16. The van der Waals surface area contributed by atoms with E-state index in [1.807, 2.05) is 6.08 Å². The average Bonchev–Trinajstić information content (AvgIpc) is 2.26. The van der Waals surface area contributed by atoms with E-state index in [1.54, 1.807) is 6.92 Å². The van der Waals surface area contributed by atoms with Crippen molar-refractivity contribution in [2.45, 2.75) is 65.7 Å². The van der Waals surface area contributed by atoms with Gasteiger partial charge in [-0.05, 0) is 25.7 Å². The molecule has 1 unspecified atom stereocenters. The predicted molar refractivity (Wildman–Crippen MR) is 68.5 cm³/mol. The van der Waals surface area contributed by atoms with Crippen LogP contribution in [0.5, 0.6) is 0 Å². The lowest BCUT2D eigenvalue weighted by Crippen LogP contribution is -2.00. The van der Waals surface area contributed by atoms with Gasteiger partial charge in [0.05, 0.1) is 0 Å². The van der Waals surface area contributed by atoms with Crippen molar-refractivity contribution in [3.05, 3.63) is 11.6 Å². The molecule has 0 fully saturated rings. The van der Waals surface area contributed by atoms with E-state index >= 15 is 0 Å². The van der Waals surface area contributed by atoms with E-state index in [4.69, 9.17) is 5.11 Å². The van der Waals surface area contributed by atoms with Crippen molar-refractivity contribution >= 4 is 5.97 Å². The number of rotatable bonds is 9. The number of aliphatic carboxylic acids is 1. The molecule has 0 radical (unpaired) electrons. The molecule has 0 saturated carbocycles. The van der Waals surface area contributed by atoms with Crippen LogP contribution in [0.3, 0.4) is 0 Å². The van der Waals surface area contributed by atoms with Crippen LogP contribution in [0.1, 0.15) is 65.7 Å². The molecule has 16 heavy (non-hydrogen) atoms. The maximum atomic E-state index is 10.6. The Hall–Kier alpha value is -0.790. The second-order valence-corrected chi connectivity index (χ2v) is 4.54. The molecule has 0 spiro atoms. The van der Waals surface area contributed by atoms with Crippen LogP contribution in [-0.4, -0.2) is 11.1 Å². The summed E-state index contributed by atoms with van der Waals surface area (Å²) in [6.07, 6.45) is 10.3. The largest absolute Gasteiger partial charge is 0.478 e. The highest BCUT2D eigenvalue weighted by Crippen LogP contribution is 2.19. The molecule has 0 bridgehead atoms. The average molecular weight is 226 g/mol. The van der Waals surface area contributed by atoms with Gasteiger partial charge in [0.25, 0.3) is 0 Å². The van der Waals surface area contributed by atoms with Gasteiger partial charge in [0, 0.05) is 5.57 Å². The summed E-state index contributed by atoms with van der Waals surface area (Å²) in [5.41, 5.74) is 0.475. The Bertz CT molecular complexity index is 219. The Morgan fingerprint density at radius 1 is 1.25 bits per heavy atom. The lowest BCUT2D eigenvalue weighted by molar-refractivity contribution is -0.132. The highest BCUT2D eigenvalue weighted by molar-refractivity contribution is 5.85. The van der Waals surface area contributed by atoms with Crippen LogP contribution in [0.25, 0.3) is 0 Å². The van der Waals surface area contributed by atoms with E-state index in [0.29, 0.717) is 5.57 Å². The summed E-state index contributed by atoms with van der Waals surface area (Å²) in [6, 6.07) is 0.